The van der Waals surface area contributed by atoms with Gasteiger partial charge in [-0.25, -0.2) is 0 Å². The topological polar surface area (TPSA) is 40.5 Å². The van der Waals surface area contributed by atoms with Crippen LogP contribution in [0.5, 0.6) is 0 Å². The summed E-state index contributed by atoms with van der Waals surface area (Å²) in [6.07, 6.45) is 3.71. The van der Waals surface area contributed by atoms with Crippen LogP contribution in [0.1, 0.15) is 39.5 Å². The van der Waals surface area contributed by atoms with Gasteiger partial charge in [0.15, 0.2) is 0 Å². The molecule has 0 aromatic carbocycles. The number of aliphatic hydroxyl groups is 1. The maximum atomic E-state index is 11.2. The summed E-state index contributed by atoms with van der Waals surface area (Å²) < 4.78 is 0. The number of hydrogen-bond acceptors (Lipinski definition) is 2. The molecule has 1 amide bonds. The Morgan fingerprint density at radius 2 is 2.08 bits per heavy atom. The smallest absolute Gasteiger partial charge is 0.219 e. The van der Waals surface area contributed by atoms with E-state index in [1.807, 2.05) is 6.92 Å². The summed E-state index contributed by atoms with van der Waals surface area (Å²) in [5, 5.41) is 9.73. The van der Waals surface area contributed by atoms with E-state index in [1.165, 1.54) is 0 Å². The van der Waals surface area contributed by atoms with E-state index in [-0.39, 0.29) is 18.1 Å². The van der Waals surface area contributed by atoms with Crippen molar-refractivity contribution in [2.45, 2.75) is 51.7 Å². The van der Waals surface area contributed by atoms with Crippen molar-refractivity contribution in [2.75, 3.05) is 6.54 Å². The Labute approximate surface area is 79.7 Å². The second-order valence-corrected chi connectivity index (χ2v) is 3.72. The zero-order chi connectivity index (χ0) is 9.84. The van der Waals surface area contributed by atoms with Crippen LogP contribution in [-0.4, -0.2) is 34.6 Å². The van der Waals surface area contributed by atoms with Gasteiger partial charge in [0.05, 0.1) is 12.1 Å². The zero-order valence-electron chi connectivity index (χ0n) is 8.49. The summed E-state index contributed by atoms with van der Waals surface area (Å²) in [4.78, 5) is 13.0. The monoisotopic (exact) mass is 185 g/mol. The van der Waals surface area contributed by atoms with E-state index < -0.39 is 0 Å². The number of amides is 1. The number of rotatable bonds is 2. The lowest BCUT2D eigenvalue weighted by Gasteiger charge is -2.36. The fraction of sp³-hybridized carbons (Fsp3) is 0.900. The second kappa shape index (κ2) is 4.61. The van der Waals surface area contributed by atoms with E-state index in [4.69, 9.17) is 0 Å². The third-order valence-corrected chi connectivity index (χ3v) is 2.84. The number of aliphatic hydroxyl groups excluding tert-OH is 1. The number of carbonyl (C=O) groups is 1. The van der Waals surface area contributed by atoms with Crippen LogP contribution >= 0.6 is 0 Å². The van der Waals surface area contributed by atoms with Crippen LogP contribution in [0, 0.1) is 0 Å². The van der Waals surface area contributed by atoms with Crippen LogP contribution in [0.25, 0.3) is 0 Å². The van der Waals surface area contributed by atoms with Crippen molar-refractivity contribution in [2.24, 2.45) is 0 Å². The predicted molar refractivity (Wildman–Crippen MR) is 51.3 cm³/mol. The normalized spacial score (nSPS) is 28.5. The molecule has 1 aliphatic rings. The summed E-state index contributed by atoms with van der Waals surface area (Å²) in [6.45, 7) is 4.24. The highest BCUT2D eigenvalue weighted by Crippen LogP contribution is 2.23. The summed E-state index contributed by atoms with van der Waals surface area (Å²) in [6, 6.07) is 0.0660. The first kappa shape index (κ1) is 10.5. The van der Waals surface area contributed by atoms with E-state index in [0.717, 1.165) is 25.7 Å². The molecule has 1 saturated carbocycles. The van der Waals surface area contributed by atoms with Crippen LogP contribution in [-0.2, 0) is 4.79 Å². The molecule has 0 saturated heterocycles. The minimum atomic E-state index is -0.308. The van der Waals surface area contributed by atoms with E-state index in [2.05, 4.69) is 0 Å². The number of hydrogen-bond donors (Lipinski definition) is 1. The largest absolute Gasteiger partial charge is 0.391 e. The molecule has 1 N–H and O–H groups in total. The molecule has 0 bridgehead atoms. The summed E-state index contributed by atoms with van der Waals surface area (Å²) >= 11 is 0. The molecule has 0 aromatic rings. The van der Waals surface area contributed by atoms with Gasteiger partial charge < -0.3 is 10.0 Å². The molecule has 1 rings (SSSR count). The first-order valence-corrected chi connectivity index (χ1v) is 5.12. The standard InChI is InChI=1S/C10H19NO2/c1-3-11(8(2)12)9-6-4-5-7-10(9)13/h9-10,13H,3-7H2,1-2H3. The minimum Gasteiger partial charge on any atom is -0.391 e. The molecule has 0 radical (unpaired) electrons. The third-order valence-electron chi connectivity index (χ3n) is 2.84. The maximum Gasteiger partial charge on any atom is 0.219 e. The maximum absolute atomic E-state index is 11.2. The SMILES string of the molecule is CCN(C(C)=O)C1CCCCC1O. The third kappa shape index (κ3) is 2.44. The minimum absolute atomic E-state index is 0.0660. The van der Waals surface area contributed by atoms with Crippen molar-refractivity contribution in [1.29, 1.82) is 0 Å². The Kier molecular flexibility index (Phi) is 3.72. The number of likely N-dealkylation sites (N-methyl/N-ethyl adjacent to an activating group) is 1. The summed E-state index contributed by atoms with van der Waals surface area (Å²) in [5.41, 5.74) is 0. The molecule has 3 heteroatoms. The Morgan fingerprint density at radius 3 is 2.54 bits per heavy atom. The van der Waals surface area contributed by atoms with Gasteiger partial charge in [-0.1, -0.05) is 12.8 Å². The highest BCUT2D eigenvalue weighted by atomic mass is 16.3. The number of carbonyl (C=O) groups excluding carboxylic acids is 1. The molecular formula is C10H19NO2. The van der Waals surface area contributed by atoms with E-state index in [9.17, 15) is 9.90 Å². The van der Waals surface area contributed by atoms with Gasteiger partial charge in [-0.05, 0) is 19.8 Å². The predicted octanol–water partition coefficient (Wildman–Crippen LogP) is 1.16. The molecule has 2 atom stereocenters. The molecule has 2 unspecified atom stereocenters. The molecule has 0 aromatic heterocycles. The second-order valence-electron chi connectivity index (χ2n) is 3.72. The number of nitrogens with zero attached hydrogens (tertiary/aromatic N) is 1. The highest BCUT2D eigenvalue weighted by Gasteiger charge is 2.28. The molecule has 76 valence electrons. The lowest BCUT2D eigenvalue weighted by atomic mass is 9.91. The van der Waals surface area contributed by atoms with Crippen molar-refractivity contribution < 1.29 is 9.90 Å². The van der Waals surface area contributed by atoms with E-state index in [1.54, 1.807) is 11.8 Å². The zero-order valence-corrected chi connectivity index (χ0v) is 8.49. The first-order valence-electron chi connectivity index (χ1n) is 5.12. The molecule has 0 spiro atoms. The quantitative estimate of drug-likeness (QED) is 0.701. The molecule has 0 aliphatic heterocycles. The van der Waals surface area contributed by atoms with Crippen LogP contribution < -0.4 is 0 Å². The van der Waals surface area contributed by atoms with Crippen molar-refractivity contribution >= 4 is 5.91 Å². The van der Waals surface area contributed by atoms with Crippen molar-refractivity contribution in [3.8, 4) is 0 Å². The molecule has 13 heavy (non-hydrogen) atoms. The first-order chi connectivity index (χ1) is 6.16. The van der Waals surface area contributed by atoms with Crippen molar-refractivity contribution in [3.63, 3.8) is 0 Å². The average Bonchev–Trinajstić information content (AvgIpc) is 2.09. The molecule has 0 heterocycles. The summed E-state index contributed by atoms with van der Waals surface area (Å²) in [5.74, 6) is 0.0773. The van der Waals surface area contributed by atoms with Crippen LogP contribution in [0.4, 0.5) is 0 Å². The molecular weight excluding hydrogens is 166 g/mol. The fourth-order valence-corrected chi connectivity index (χ4v) is 2.15. The van der Waals surface area contributed by atoms with Gasteiger partial charge in [0.25, 0.3) is 0 Å². The van der Waals surface area contributed by atoms with Gasteiger partial charge >= 0.3 is 0 Å². The Bertz CT molecular complexity index is 182. The molecule has 1 aliphatic carbocycles. The molecule has 3 nitrogen and oxygen atoms in total. The van der Waals surface area contributed by atoms with Crippen LogP contribution in [0.3, 0.4) is 0 Å². The van der Waals surface area contributed by atoms with E-state index in [0.29, 0.717) is 6.54 Å². The van der Waals surface area contributed by atoms with Gasteiger partial charge in [0.1, 0.15) is 0 Å². The van der Waals surface area contributed by atoms with Crippen LogP contribution in [0.15, 0.2) is 0 Å². The van der Waals surface area contributed by atoms with E-state index >= 15 is 0 Å². The lowest BCUT2D eigenvalue weighted by Crippen LogP contribution is -2.47. The van der Waals surface area contributed by atoms with Gasteiger partial charge in [-0.2, -0.15) is 0 Å². The molecule has 1 fully saturated rings. The Morgan fingerprint density at radius 1 is 1.46 bits per heavy atom. The lowest BCUT2D eigenvalue weighted by molar-refractivity contribution is -0.134. The Balaban J connectivity index is 2.60. The Hall–Kier alpha value is -0.570. The highest BCUT2D eigenvalue weighted by molar-refractivity contribution is 5.73. The fourth-order valence-electron chi connectivity index (χ4n) is 2.15. The van der Waals surface area contributed by atoms with Gasteiger partial charge in [-0.3, -0.25) is 4.79 Å². The van der Waals surface area contributed by atoms with Crippen LogP contribution in [0.2, 0.25) is 0 Å². The van der Waals surface area contributed by atoms with Gasteiger partial charge in [-0.15, -0.1) is 0 Å². The van der Waals surface area contributed by atoms with Crippen molar-refractivity contribution in [1.82, 2.24) is 4.90 Å². The van der Waals surface area contributed by atoms with Gasteiger partial charge in [0, 0.05) is 13.5 Å². The average molecular weight is 185 g/mol. The summed E-state index contributed by atoms with van der Waals surface area (Å²) in [7, 11) is 0. The van der Waals surface area contributed by atoms with Gasteiger partial charge in [0.2, 0.25) is 5.91 Å². The van der Waals surface area contributed by atoms with Crippen molar-refractivity contribution in [3.05, 3.63) is 0 Å².